The fraction of sp³-hybridized carbons (Fsp3) is 0.0909. The van der Waals surface area contributed by atoms with Gasteiger partial charge in [0.05, 0.1) is 17.4 Å². The molecular weight excluding hydrogens is 327 g/mol. The summed E-state index contributed by atoms with van der Waals surface area (Å²) >= 11 is 0. The zero-order valence-corrected chi connectivity index (χ0v) is 14.3. The van der Waals surface area contributed by atoms with Crippen molar-refractivity contribution in [2.75, 3.05) is 0 Å². The summed E-state index contributed by atoms with van der Waals surface area (Å²) in [4.78, 5) is 17.8. The van der Waals surface area contributed by atoms with Crippen molar-refractivity contribution in [1.29, 1.82) is 0 Å². The summed E-state index contributed by atoms with van der Waals surface area (Å²) < 4.78 is 15.7. The summed E-state index contributed by atoms with van der Waals surface area (Å²) in [7, 11) is 0. The largest absolute Gasteiger partial charge is 0.288 e. The van der Waals surface area contributed by atoms with Crippen molar-refractivity contribution >= 4 is 10.9 Å². The van der Waals surface area contributed by atoms with Crippen molar-refractivity contribution in [2.24, 2.45) is 0 Å². The first-order valence-electron chi connectivity index (χ1n) is 8.43. The summed E-state index contributed by atoms with van der Waals surface area (Å²) in [6.07, 6.45) is 0. The lowest BCUT2D eigenvalue weighted by Crippen LogP contribution is -2.24. The highest BCUT2D eigenvalue weighted by Crippen LogP contribution is 2.21. The third-order valence-electron chi connectivity index (χ3n) is 4.46. The zero-order chi connectivity index (χ0) is 18.1. The smallest absolute Gasteiger partial charge is 0.261 e. The van der Waals surface area contributed by atoms with Crippen LogP contribution >= 0.6 is 0 Å². The maximum absolute atomic E-state index is 14.2. The van der Waals surface area contributed by atoms with E-state index in [1.165, 1.54) is 6.07 Å². The van der Waals surface area contributed by atoms with Gasteiger partial charge in [-0.25, -0.2) is 9.37 Å². The Morgan fingerprint density at radius 3 is 2.38 bits per heavy atom. The second kappa shape index (κ2) is 6.56. The van der Waals surface area contributed by atoms with Crippen molar-refractivity contribution in [1.82, 2.24) is 9.55 Å². The van der Waals surface area contributed by atoms with E-state index in [1.807, 2.05) is 49.4 Å². The summed E-state index contributed by atoms with van der Waals surface area (Å²) in [5.41, 5.74) is 2.87. The van der Waals surface area contributed by atoms with Crippen LogP contribution in [0.3, 0.4) is 0 Å². The molecule has 4 aromatic rings. The first-order valence-corrected chi connectivity index (χ1v) is 8.43. The minimum Gasteiger partial charge on any atom is -0.288 e. The number of halogens is 1. The standard InChI is InChI=1S/C22H17FN2O/c1-15-10-12-16(13-11-15)21-24-20-9-5-3-7-18(20)22(26)25(21)14-17-6-2-4-8-19(17)23/h2-13H,14H2,1H3. The highest BCUT2D eigenvalue weighted by molar-refractivity contribution is 5.79. The van der Waals surface area contributed by atoms with Gasteiger partial charge in [-0.1, -0.05) is 60.2 Å². The molecule has 0 aliphatic carbocycles. The number of fused-ring (bicyclic) bond motifs is 1. The number of aromatic nitrogens is 2. The molecule has 4 heteroatoms. The van der Waals surface area contributed by atoms with Gasteiger partial charge in [0.1, 0.15) is 11.6 Å². The van der Waals surface area contributed by atoms with Crippen LogP contribution in [0.1, 0.15) is 11.1 Å². The fourth-order valence-corrected chi connectivity index (χ4v) is 3.03. The summed E-state index contributed by atoms with van der Waals surface area (Å²) in [5, 5.41) is 0.528. The number of aryl methyl sites for hydroxylation is 1. The van der Waals surface area contributed by atoms with Crippen LogP contribution in [0.2, 0.25) is 0 Å². The molecule has 0 aliphatic rings. The highest BCUT2D eigenvalue weighted by atomic mass is 19.1. The van der Waals surface area contributed by atoms with E-state index in [9.17, 15) is 9.18 Å². The Morgan fingerprint density at radius 2 is 1.62 bits per heavy atom. The number of hydrogen-bond acceptors (Lipinski definition) is 2. The number of hydrogen-bond donors (Lipinski definition) is 0. The van der Waals surface area contributed by atoms with Crippen molar-refractivity contribution in [2.45, 2.75) is 13.5 Å². The minimum absolute atomic E-state index is 0.131. The Bertz CT molecular complexity index is 1150. The Morgan fingerprint density at radius 1 is 0.923 bits per heavy atom. The van der Waals surface area contributed by atoms with E-state index in [4.69, 9.17) is 4.98 Å². The van der Waals surface area contributed by atoms with Crippen LogP contribution in [-0.2, 0) is 6.54 Å². The normalized spacial score (nSPS) is 11.0. The lowest BCUT2D eigenvalue weighted by atomic mass is 10.1. The van der Waals surface area contributed by atoms with Gasteiger partial charge in [-0.2, -0.15) is 0 Å². The summed E-state index contributed by atoms with van der Waals surface area (Å²) in [6.45, 7) is 2.14. The van der Waals surface area contributed by atoms with Gasteiger partial charge in [-0.05, 0) is 25.1 Å². The van der Waals surface area contributed by atoms with Gasteiger partial charge in [-0.3, -0.25) is 9.36 Å². The maximum Gasteiger partial charge on any atom is 0.261 e. The quantitative estimate of drug-likeness (QED) is 0.546. The fourth-order valence-electron chi connectivity index (χ4n) is 3.03. The molecule has 0 aliphatic heterocycles. The molecule has 0 N–H and O–H groups in total. The van der Waals surface area contributed by atoms with E-state index in [1.54, 1.807) is 28.8 Å². The zero-order valence-electron chi connectivity index (χ0n) is 14.3. The second-order valence-electron chi connectivity index (χ2n) is 6.30. The molecule has 3 aromatic carbocycles. The SMILES string of the molecule is Cc1ccc(-c2nc3ccccc3c(=O)n2Cc2ccccc2F)cc1. The lowest BCUT2D eigenvalue weighted by molar-refractivity contribution is 0.596. The monoisotopic (exact) mass is 344 g/mol. The molecule has 1 aromatic heterocycles. The molecule has 0 radical (unpaired) electrons. The van der Waals surface area contributed by atoms with Crippen molar-refractivity contribution in [3.05, 3.63) is 100 Å². The van der Waals surface area contributed by atoms with E-state index in [-0.39, 0.29) is 17.9 Å². The molecule has 26 heavy (non-hydrogen) atoms. The van der Waals surface area contributed by atoms with Crippen LogP contribution in [0, 0.1) is 12.7 Å². The molecular formula is C22H17FN2O. The molecule has 0 spiro atoms. The Labute approximate surface area is 150 Å². The van der Waals surface area contributed by atoms with Crippen molar-refractivity contribution in [3.8, 4) is 11.4 Å². The number of benzene rings is 3. The average molecular weight is 344 g/mol. The molecule has 0 amide bonds. The number of nitrogens with zero attached hydrogens (tertiary/aromatic N) is 2. The first-order chi connectivity index (χ1) is 12.6. The maximum atomic E-state index is 14.2. The molecule has 0 fully saturated rings. The van der Waals surface area contributed by atoms with E-state index in [0.717, 1.165) is 11.1 Å². The minimum atomic E-state index is -0.331. The molecule has 4 rings (SSSR count). The van der Waals surface area contributed by atoms with Crippen LogP contribution < -0.4 is 5.56 Å². The first kappa shape index (κ1) is 16.2. The third kappa shape index (κ3) is 2.90. The molecule has 0 saturated heterocycles. The number of rotatable bonds is 3. The third-order valence-corrected chi connectivity index (χ3v) is 4.46. The van der Waals surface area contributed by atoms with E-state index < -0.39 is 0 Å². The van der Waals surface area contributed by atoms with Crippen molar-refractivity contribution in [3.63, 3.8) is 0 Å². The Balaban J connectivity index is 1.98. The van der Waals surface area contributed by atoms with E-state index in [0.29, 0.717) is 22.3 Å². The van der Waals surface area contributed by atoms with Gasteiger partial charge in [0.15, 0.2) is 0 Å². The summed E-state index contributed by atoms with van der Waals surface area (Å²) in [5.74, 6) is 0.208. The van der Waals surface area contributed by atoms with Crippen molar-refractivity contribution < 1.29 is 4.39 Å². The van der Waals surface area contributed by atoms with Crippen LogP contribution in [0.15, 0.2) is 77.6 Å². The van der Waals surface area contributed by atoms with Gasteiger partial charge >= 0.3 is 0 Å². The van der Waals surface area contributed by atoms with Crippen LogP contribution in [0.5, 0.6) is 0 Å². The second-order valence-corrected chi connectivity index (χ2v) is 6.30. The molecule has 0 saturated carbocycles. The van der Waals surface area contributed by atoms with Gasteiger partial charge in [0.2, 0.25) is 0 Å². The molecule has 3 nitrogen and oxygen atoms in total. The van der Waals surface area contributed by atoms with E-state index in [2.05, 4.69) is 0 Å². The number of para-hydroxylation sites is 1. The molecule has 0 unspecified atom stereocenters. The van der Waals surface area contributed by atoms with Crippen LogP contribution in [-0.4, -0.2) is 9.55 Å². The lowest BCUT2D eigenvalue weighted by Gasteiger charge is -2.14. The van der Waals surface area contributed by atoms with E-state index >= 15 is 0 Å². The Hall–Kier alpha value is -3.27. The Kier molecular flexibility index (Phi) is 4.09. The average Bonchev–Trinajstić information content (AvgIpc) is 2.66. The molecule has 1 heterocycles. The van der Waals surface area contributed by atoms with Gasteiger partial charge in [0.25, 0.3) is 5.56 Å². The molecule has 0 bridgehead atoms. The molecule has 128 valence electrons. The predicted octanol–water partition coefficient (Wildman–Crippen LogP) is 4.56. The van der Waals surface area contributed by atoms with Crippen LogP contribution in [0.4, 0.5) is 4.39 Å². The van der Waals surface area contributed by atoms with Gasteiger partial charge < -0.3 is 0 Å². The highest BCUT2D eigenvalue weighted by Gasteiger charge is 2.14. The topological polar surface area (TPSA) is 34.9 Å². The van der Waals surface area contributed by atoms with Gasteiger partial charge in [0, 0.05) is 11.1 Å². The molecule has 0 atom stereocenters. The van der Waals surface area contributed by atoms with Gasteiger partial charge in [-0.15, -0.1) is 0 Å². The summed E-state index contributed by atoms with van der Waals surface area (Å²) in [6, 6.07) is 21.6. The predicted molar refractivity (Wildman–Crippen MR) is 102 cm³/mol. The van der Waals surface area contributed by atoms with Crippen LogP contribution in [0.25, 0.3) is 22.3 Å².